The molecule has 0 spiro atoms. The molecule has 27 heavy (non-hydrogen) atoms. The average Bonchev–Trinajstić information content (AvgIpc) is 3.13. The van der Waals surface area contributed by atoms with Crippen LogP contribution < -0.4 is 5.48 Å². The Morgan fingerprint density at radius 2 is 1.81 bits per heavy atom. The first-order chi connectivity index (χ1) is 12.8. The highest BCUT2D eigenvalue weighted by atomic mass is 16.5. The molecule has 0 radical (unpaired) electrons. The van der Waals surface area contributed by atoms with Crippen LogP contribution in [-0.4, -0.2) is 34.4 Å². The number of hydrogen-bond acceptors (Lipinski definition) is 5. The van der Waals surface area contributed by atoms with Crippen LogP contribution in [0.1, 0.15) is 78.6 Å². The lowest BCUT2D eigenvalue weighted by Gasteiger charge is -2.26. The largest absolute Gasteiger partial charge is 0.396 e. The van der Waals surface area contributed by atoms with E-state index in [1.807, 2.05) is 13.8 Å². The zero-order valence-corrected chi connectivity index (χ0v) is 17.1. The highest BCUT2D eigenvalue weighted by Crippen LogP contribution is 2.36. The summed E-state index contributed by atoms with van der Waals surface area (Å²) in [4.78, 5) is 37.6. The van der Waals surface area contributed by atoms with Crippen LogP contribution in [-0.2, 0) is 14.4 Å². The number of hydrogen-bond donors (Lipinski definition) is 3. The van der Waals surface area contributed by atoms with Gasteiger partial charge in [0.05, 0.1) is 0 Å². The zero-order chi connectivity index (χ0) is 20.4. The standard InChI is InChI=1S/C21H37NO5/c1-4-5-6-8-15(11-20(25)22-27)19(24)12-18(14(2)3)21(26)17-10-7-9-16(17)13-23/h14-18,23,27H,4-13H2,1-3H3,(H,22,25)/t15-,16+,17?,18+/m1/s1. The number of amides is 1. The summed E-state index contributed by atoms with van der Waals surface area (Å²) >= 11 is 0. The van der Waals surface area contributed by atoms with Gasteiger partial charge in [0.2, 0.25) is 5.91 Å². The van der Waals surface area contributed by atoms with Gasteiger partial charge in [-0.1, -0.05) is 46.5 Å². The molecular formula is C21H37NO5. The lowest BCUT2D eigenvalue weighted by Crippen LogP contribution is -2.34. The molecule has 0 aliphatic heterocycles. The molecule has 0 saturated heterocycles. The van der Waals surface area contributed by atoms with Crippen molar-refractivity contribution in [3.63, 3.8) is 0 Å². The Bertz CT molecular complexity index is 491. The van der Waals surface area contributed by atoms with Crippen LogP contribution in [0, 0.1) is 29.6 Å². The summed E-state index contributed by atoms with van der Waals surface area (Å²) in [6, 6.07) is 0. The molecule has 1 rings (SSSR count). The Kier molecular flexibility index (Phi) is 10.8. The molecule has 4 atom stereocenters. The number of Topliss-reactive ketones (excluding diaryl/α,β-unsaturated/α-hetero) is 2. The number of aliphatic hydroxyl groups excluding tert-OH is 1. The molecule has 1 unspecified atom stereocenters. The number of ketones is 2. The van der Waals surface area contributed by atoms with E-state index < -0.39 is 11.8 Å². The third-order valence-electron chi connectivity index (χ3n) is 6.02. The van der Waals surface area contributed by atoms with Gasteiger partial charge in [-0.15, -0.1) is 0 Å². The van der Waals surface area contributed by atoms with Crippen LogP contribution >= 0.6 is 0 Å². The van der Waals surface area contributed by atoms with Crippen molar-refractivity contribution >= 4 is 17.5 Å². The topological polar surface area (TPSA) is 104 Å². The first-order valence-corrected chi connectivity index (χ1v) is 10.5. The molecule has 0 aromatic carbocycles. The number of hydroxylamine groups is 1. The first kappa shape index (κ1) is 23.8. The molecule has 1 aliphatic carbocycles. The van der Waals surface area contributed by atoms with E-state index in [-0.39, 0.29) is 54.7 Å². The summed E-state index contributed by atoms with van der Waals surface area (Å²) in [7, 11) is 0. The summed E-state index contributed by atoms with van der Waals surface area (Å²) < 4.78 is 0. The highest BCUT2D eigenvalue weighted by Gasteiger charge is 2.38. The molecule has 0 bridgehead atoms. The van der Waals surface area contributed by atoms with Crippen LogP contribution in [0.25, 0.3) is 0 Å². The van der Waals surface area contributed by atoms with Gasteiger partial charge in [0, 0.05) is 37.2 Å². The Morgan fingerprint density at radius 3 is 2.37 bits per heavy atom. The summed E-state index contributed by atoms with van der Waals surface area (Å²) in [5, 5.41) is 18.3. The van der Waals surface area contributed by atoms with E-state index in [0.717, 1.165) is 38.5 Å². The van der Waals surface area contributed by atoms with Gasteiger partial charge in [-0.25, -0.2) is 5.48 Å². The average molecular weight is 384 g/mol. The van der Waals surface area contributed by atoms with Crippen molar-refractivity contribution in [1.29, 1.82) is 0 Å². The number of carbonyl (C=O) groups excluding carboxylic acids is 3. The van der Waals surface area contributed by atoms with E-state index in [0.29, 0.717) is 6.42 Å². The SMILES string of the molecule is CCCCC[C@H](CC(=O)NO)C(=O)C[C@H](C(=O)C1CCC[C@H]1CO)C(C)C. The van der Waals surface area contributed by atoms with E-state index in [1.165, 1.54) is 0 Å². The van der Waals surface area contributed by atoms with E-state index in [4.69, 9.17) is 5.21 Å². The zero-order valence-electron chi connectivity index (χ0n) is 17.1. The van der Waals surface area contributed by atoms with Gasteiger partial charge in [-0.05, 0) is 31.1 Å². The summed E-state index contributed by atoms with van der Waals surface area (Å²) in [5.41, 5.74) is 1.61. The molecule has 0 heterocycles. The Balaban J connectivity index is 2.82. The fourth-order valence-electron chi connectivity index (χ4n) is 4.24. The van der Waals surface area contributed by atoms with Crippen molar-refractivity contribution in [2.45, 2.75) is 78.6 Å². The molecule has 1 fully saturated rings. The number of aliphatic hydroxyl groups is 1. The van der Waals surface area contributed by atoms with E-state index >= 15 is 0 Å². The van der Waals surface area contributed by atoms with Crippen LogP contribution in [0.3, 0.4) is 0 Å². The predicted octanol–water partition coefficient (Wildman–Crippen LogP) is 3.29. The Labute approximate surface area is 163 Å². The molecule has 0 aromatic rings. The summed E-state index contributed by atoms with van der Waals surface area (Å²) in [6.45, 7) is 5.99. The van der Waals surface area contributed by atoms with E-state index in [2.05, 4.69) is 6.92 Å². The van der Waals surface area contributed by atoms with E-state index in [1.54, 1.807) is 5.48 Å². The third kappa shape index (κ3) is 7.34. The van der Waals surface area contributed by atoms with E-state index in [9.17, 15) is 19.5 Å². The first-order valence-electron chi connectivity index (χ1n) is 10.5. The maximum atomic E-state index is 13.1. The number of nitrogens with one attached hydrogen (secondary N) is 1. The minimum atomic E-state index is -0.562. The normalized spacial score (nSPS) is 21.9. The van der Waals surface area contributed by atoms with Gasteiger partial charge in [0.25, 0.3) is 0 Å². The molecule has 6 nitrogen and oxygen atoms in total. The number of rotatable bonds is 13. The minimum Gasteiger partial charge on any atom is -0.396 e. The number of carbonyl (C=O) groups is 3. The molecule has 1 saturated carbocycles. The van der Waals surface area contributed by atoms with Gasteiger partial charge in [0.15, 0.2) is 0 Å². The second kappa shape index (κ2) is 12.2. The molecule has 3 N–H and O–H groups in total. The van der Waals surface area contributed by atoms with Gasteiger partial charge in [-0.3, -0.25) is 19.6 Å². The molecule has 0 aromatic heterocycles. The quantitative estimate of drug-likeness (QED) is 0.257. The Hall–Kier alpha value is -1.27. The van der Waals surface area contributed by atoms with Crippen molar-refractivity contribution in [2.75, 3.05) is 6.61 Å². The van der Waals surface area contributed by atoms with Gasteiger partial charge in [0.1, 0.15) is 11.6 Å². The third-order valence-corrected chi connectivity index (χ3v) is 6.02. The van der Waals surface area contributed by atoms with Crippen LogP contribution in [0.2, 0.25) is 0 Å². The molecule has 6 heteroatoms. The van der Waals surface area contributed by atoms with Crippen LogP contribution in [0.5, 0.6) is 0 Å². The van der Waals surface area contributed by atoms with Crippen molar-refractivity contribution in [3.05, 3.63) is 0 Å². The number of unbranched alkanes of at least 4 members (excludes halogenated alkanes) is 2. The second-order valence-electron chi connectivity index (χ2n) is 8.34. The van der Waals surface area contributed by atoms with Gasteiger partial charge in [-0.2, -0.15) is 0 Å². The minimum absolute atomic E-state index is 0.00868. The molecule has 156 valence electrons. The fraction of sp³-hybridized carbons (Fsp3) is 0.857. The van der Waals surface area contributed by atoms with Gasteiger partial charge >= 0.3 is 0 Å². The van der Waals surface area contributed by atoms with Crippen molar-refractivity contribution in [3.8, 4) is 0 Å². The monoisotopic (exact) mass is 383 g/mol. The Morgan fingerprint density at radius 1 is 1.11 bits per heavy atom. The molecule has 1 aliphatic rings. The lowest BCUT2D eigenvalue weighted by atomic mass is 9.76. The maximum Gasteiger partial charge on any atom is 0.244 e. The smallest absolute Gasteiger partial charge is 0.244 e. The molecular weight excluding hydrogens is 346 g/mol. The van der Waals surface area contributed by atoms with Crippen molar-refractivity contribution in [1.82, 2.24) is 5.48 Å². The van der Waals surface area contributed by atoms with Crippen molar-refractivity contribution < 1.29 is 24.7 Å². The fourth-order valence-corrected chi connectivity index (χ4v) is 4.24. The molecule has 1 amide bonds. The lowest BCUT2D eigenvalue weighted by molar-refractivity contribution is -0.137. The van der Waals surface area contributed by atoms with Crippen LogP contribution in [0.4, 0.5) is 0 Å². The highest BCUT2D eigenvalue weighted by molar-refractivity contribution is 5.92. The van der Waals surface area contributed by atoms with Gasteiger partial charge < -0.3 is 5.11 Å². The van der Waals surface area contributed by atoms with Crippen LogP contribution in [0.15, 0.2) is 0 Å². The summed E-state index contributed by atoms with van der Waals surface area (Å²) in [5.74, 6) is -1.49. The summed E-state index contributed by atoms with van der Waals surface area (Å²) in [6.07, 6.45) is 6.14. The second-order valence-corrected chi connectivity index (χ2v) is 8.34. The maximum absolute atomic E-state index is 13.1. The predicted molar refractivity (Wildman–Crippen MR) is 103 cm³/mol. The van der Waals surface area contributed by atoms with Crippen molar-refractivity contribution in [2.24, 2.45) is 29.6 Å².